The average Bonchev–Trinajstić information content (AvgIpc) is 2.76. The quantitative estimate of drug-likeness (QED) is 0.878. The summed E-state index contributed by atoms with van der Waals surface area (Å²) in [7, 11) is 0. The molecule has 4 nitrogen and oxygen atoms in total. The fourth-order valence-electron chi connectivity index (χ4n) is 1.52. The Morgan fingerprint density at radius 1 is 1.35 bits per heavy atom. The maximum atomic E-state index is 10.4. The largest absolute Gasteiger partial charge is 0.481 e. The van der Waals surface area contributed by atoms with Crippen molar-refractivity contribution in [2.45, 2.75) is 19.8 Å². The number of carboxylic acids is 1. The summed E-state index contributed by atoms with van der Waals surface area (Å²) >= 11 is 0. The van der Waals surface area contributed by atoms with Crippen LogP contribution in [0.1, 0.15) is 17.7 Å². The van der Waals surface area contributed by atoms with Gasteiger partial charge in [-0.25, -0.2) is 0 Å². The van der Waals surface area contributed by atoms with Crippen molar-refractivity contribution in [2.75, 3.05) is 0 Å². The monoisotopic (exact) mass is 231 g/mol. The van der Waals surface area contributed by atoms with Crippen molar-refractivity contribution in [3.63, 3.8) is 0 Å². The van der Waals surface area contributed by atoms with Gasteiger partial charge in [0.05, 0.1) is 6.42 Å². The van der Waals surface area contributed by atoms with Crippen LogP contribution in [0.25, 0.3) is 11.3 Å². The molecule has 0 bridgehead atoms. The van der Waals surface area contributed by atoms with Crippen LogP contribution in [-0.2, 0) is 11.2 Å². The molecule has 2 rings (SSSR count). The van der Waals surface area contributed by atoms with E-state index in [0.29, 0.717) is 12.2 Å². The minimum Gasteiger partial charge on any atom is -0.481 e. The summed E-state index contributed by atoms with van der Waals surface area (Å²) in [4.78, 5) is 10.4. The summed E-state index contributed by atoms with van der Waals surface area (Å²) in [5.74, 6) is -0.235. The number of nitrogens with zero attached hydrogens (tertiary/aromatic N) is 1. The first-order valence-corrected chi connectivity index (χ1v) is 5.39. The Hall–Kier alpha value is -2.10. The van der Waals surface area contributed by atoms with E-state index >= 15 is 0 Å². The Bertz CT molecular complexity index is 514. The Balaban J connectivity index is 2.12. The number of aromatic nitrogens is 1. The molecule has 0 atom stereocenters. The average molecular weight is 231 g/mol. The molecule has 0 unspecified atom stereocenters. The second-order valence-corrected chi connectivity index (χ2v) is 3.94. The fourth-order valence-corrected chi connectivity index (χ4v) is 1.52. The van der Waals surface area contributed by atoms with Gasteiger partial charge in [-0.2, -0.15) is 0 Å². The van der Waals surface area contributed by atoms with Gasteiger partial charge in [0.1, 0.15) is 11.5 Å². The van der Waals surface area contributed by atoms with Crippen LogP contribution >= 0.6 is 0 Å². The predicted octanol–water partition coefficient (Wildman–Crippen LogP) is 2.67. The zero-order valence-corrected chi connectivity index (χ0v) is 9.51. The molecule has 0 aliphatic carbocycles. The molecule has 0 amide bonds. The standard InChI is InChI=1S/C13H13NO3/c1-9-2-4-10(5-3-9)12-8-11(17-14-12)6-7-13(15)16/h2-5,8H,6-7H2,1H3,(H,15,16). The second-order valence-electron chi connectivity index (χ2n) is 3.94. The maximum Gasteiger partial charge on any atom is 0.303 e. The number of benzene rings is 1. The number of rotatable bonds is 4. The molecule has 0 radical (unpaired) electrons. The first-order valence-electron chi connectivity index (χ1n) is 5.39. The summed E-state index contributed by atoms with van der Waals surface area (Å²) < 4.78 is 5.09. The summed E-state index contributed by atoms with van der Waals surface area (Å²) in [6, 6.07) is 9.72. The molecule has 0 aliphatic rings. The molecule has 17 heavy (non-hydrogen) atoms. The van der Waals surface area contributed by atoms with Gasteiger partial charge >= 0.3 is 5.97 Å². The van der Waals surface area contributed by atoms with E-state index in [1.54, 1.807) is 6.07 Å². The fraction of sp³-hybridized carbons (Fsp3) is 0.231. The number of aryl methyl sites for hydroxylation is 2. The van der Waals surface area contributed by atoms with Crippen molar-refractivity contribution in [1.29, 1.82) is 0 Å². The van der Waals surface area contributed by atoms with Crippen LogP contribution in [0.3, 0.4) is 0 Å². The lowest BCUT2D eigenvalue weighted by atomic mass is 10.1. The van der Waals surface area contributed by atoms with Crippen molar-refractivity contribution >= 4 is 5.97 Å². The number of carbonyl (C=O) groups is 1. The zero-order valence-electron chi connectivity index (χ0n) is 9.51. The minimum absolute atomic E-state index is 0.0581. The normalized spacial score (nSPS) is 10.4. The molecule has 1 aromatic heterocycles. The van der Waals surface area contributed by atoms with Gasteiger partial charge in [-0.15, -0.1) is 0 Å². The van der Waals surface area contributed by atoms with E-state index < -0.39 is 5.97 Å². The van der Waals surface area contributed by atoms with Gasteiger partial charge in [0.25, 0.3) is 0 Å². The third-order valence-corrected chi connectivity index (χ3v) is 2.49. The van der Waals surface area contributed by atoms with E-state index in [4.69, 9.17) is 9.63 Å². The number of aliphatic carboxylic acids is 1. The predicted molar refractivity (Wildman–Crippen MR) is 62.6 cm³/mol. The van der Waals surface area contributed by atoms with Crippen LogP contribution in [-0.4, -0.2) is 16.2 Å². The lowest BCUT2D eigenvalue weighted by molar-refractivity contribution is -0.137. The van der Waals surface area contributed by atoms with Crippen LogP contribution < -0.4 is 0 Å². The lowest BCUT2D eigenvalue weighted by Crippen LogP contribution is -1.96. The molecular formula is C13H13NO3. The highest BCUT2D eigenvalue weighted by Gasteiger charge is 2.07. The Kier molecular flexibility index (Phi) is 3.23. The van der Waals surface area contributed by atoms with Crippen LogP contribution in [0.5, 0.6) is 0 Å². The van der Waals surface area contributed by atoms with Crippen molar-refractivity contribution in [1.82, 2.24) is 5.16 Å². The summed E-state index contributed by atoms with van der Waals surface area (Å²) in [5, 5.41) is 12.5. The maximum absolute atomic E-state index is 10.4. The van der Waals surface area contributed by atoms with Gasteiger partial charge < -0.3 is 9.63 Å². The van der Waals surface area contributed by atoms with E-state index in [1.165, 1.54) is 5.56 Å². The molecule has 0 spiro atoms. The highest BCUT2D eigenvalue weighted by Crippen LogP contribution is 2.20. The molecule has 0 aliphatic heterocycles. The highest BCUT2D eigenvalue weighted by atomic mass is 16.5. The molecule has 2 aromatic rings. The van der Waals surface area contributed by atoms with Gasteiger partial charge in [-0.3, -0.25) is 4.79 Å². The van der Waals surface area contributed by atoms with E-state index in [1.807, 2.05) is 31.2 Å². The van der Waals surface area contributed by atoms with Crippen LogP contribution in [0.4, 0.5) is 0 Å². The van der Waals surface area contributed by atoms with E-state index in [0.717, 1.165) is 11.3 Å². The lowest BCUT2D eigenvalue weighted by Gasteiger charge is -1.95. The van der Waals surface area contributed by atoms with Crippen LogP contribution in [0.15, 0.2) is 34.9 Å². The molecule has 1 aromatic carbocycles. The molecule has 0 saturated carbocycles. The number of hydrogen-bond acceptors (Lipinski definition) is 3. The molecule has 0 saturated heterocycles. The summed E-state index contributed by atoms with van der Waals surface area (Å²) in [6.07, 6.45) is 0.427. The van der Waals surface area contributed by atoms with Gasteiger partial charge in [-0.05, 0) is 6.92 Å². The van der Waals surface area contributed by atoms with E-state index in [-0.39, 0.29) is 6.42 Å². The zero-order chi connectivity index (χ0) is 12.3. The van der Waals surface area contributed by atoms with Gasteiger partial charge in [0.2, 0.25) is 0 Å². The minimum atomic E-state index is -0.835. The van der Waals surface area contributed by atoms with Crippen LogP contribution in [0, 0.1) is 6.92 Å². The second kappa shape index (κ2) is 4.82. The summed E-state index contributed by atoms with van der Waals surface area (Å²) in [6.45, 7) is 2.02. The molecule has 0 fully saturated rings. The van der Waals surface area contributed by atoms with Crippen molar-refractivity contribution in [2.24, 2.45) is 0 Å². The van der Waals surface area contributed by atoms with Crippen molar-refractivity contribution in [3.05, 3.63) is 41.7 Å². The highest BCUT2D eigenvalue weighted by molar-refractivity contribution is 5.67. The van der Waals surface area contributed by atoms with Gasteiger partial charge in [0.15, 0.2) is 0 Å². The Morgan fingerprint density at radius 2 is 2.06 bits per heavy atom. The molecule has 88 valence electrons. The van der Waals surface area contributed by atoms with Crippen LogP contribution in [0.2, 0.25) is 0 Å². The van der Waals surface area contributed by atoms with Gasteiger partial charge in [-0.1, -0.05) is 35.0 Å². The Labute approximate surface area is 98.9 Å². The molecular weight excluding hydrogens is 218 g/mol. The van der Waals surface area contributed by atoms with E-state index in [9.17, 15) is 4.79 Å². The summed E-state index contributed by atoms with van der Waals surface area (Å²) in [5.41, 5.74) is 2.90. The Morgan fingerprint density at radius 3 is 2.71 bits per heavy atom. The topological polar surface area (TPSA) is 63.3 Å². The first-order chi connectivity index (χ1) is 8.15. The van der Waals surface area contributed by atoms with Crippen molar-refractivity contribution in [3.8, 4) is 11.3 Å². The molecule has 1 heterocycles. The first kappa shape index (κ1) is 11.4. The number of carboxylic acid groups (broad SMARTS) is 1. The molecule has 1 N–H and O–H groups in total. The van der Waals surface area contributed by atoms with Gasteiger partial charge in [0, 0.05) is 18.1 Å². The molecule has 4 heteroatoms. The van der Waals surface area contributed by atoms with E-state index in [2.05, 4.69) is 5.16 Å². The SMILES string of the molecule is Cc1ccc(-c2cc(CCC(=O)O)on2)cc1. The smallest absolute Gasteiger partial charge is 0.303 e. The van der Waals surface area contributed by atoms with Crippen molar-refractivity contribution < 1.29 is 14.4 Å². The number of hydrogen-bond donors (Lipinski definition) is 1. The third-order valence-electron chi connectivity index (χ3n) is 2.49. The third kappa shape index (κ3) is 2.93.